The predicted molar refractivity (Wildman–Crippen MR) is 41.8 cm³/mol. The maximum absolute atomic E-state index is 9.12. The summed E-state index contributed by atoms with van der Waals surface area (Å²) in [6.07, 6.45) is 0.434. The second-order valence-corrected chi connectivity index (χ2v) is 2.43. The van der Waals surface area contributed by atoms with Crippen LogP contribution >= 0.6 is 11.9 Å². The Morgan fingerprint density at radius 3 is 2.78 bits per heavy atom. The summed E-state index contributed by atoms with van der Waals surface area (Å²) in [4.78, 5) is 0. The lowest BCUT2D eigenvalue weighted by Crippen LogP contribution is -2.05. The highest BCUT2D eigenvalue weighted by molar-refractivity contribution is 8.00. The largest absolute Gasteiger partial charge is 0.389 e. The minimum atomic E-state index is -0.318. The molecule has 0 saturated carbocycles. The van der Waals surface area contributed by atoms with E-state index in [1.54, 1.807) is 5.41 Å². The highest BCUT2D eigenvalue weighted by Crippen LogP contribution is 2.07. The Hall–Kier alpha value is 0.01000. The average Bonchev–Trinajstić information content (AvgIpc) is 1.87. The van der Waals surface area contributed by atoms with E-state index >= 15 is 0 Å². The van der Waals surface area contributed by atoms with Gasteiger partial charge >= 0.3 is 0 Å². The van der Waals surface area contributed by atoms with Crippen molar-refractivity contribution >= 4 is 11.9 Å². The monoisotopic (exact) mass is 147 g/mol. The van der Waals surface area contributed by atoms with Crippen LogP contribution in [0.25, 0.3) is 0 Å². The molecule has 0 saturated heterocycles. The summed E-state index contributed by atoms with van der Waals surface area (Å²) in [6, 6.07) is 0. The summed E-state index contributed by atoms with van der Waals surface area (Å²) >= 11 is 1.13. The highest BCUT2D eigenvalue weighted by Gasteiger charge is 2.00. The van der Waals surface area contributed by atoms with Gasteiger partial charge in [-0.05, 0) is 24.3 Å². The lowest BCUT2D eigenvalue weighted by atomic mass is 10.1. The molecule has 0 aromatic heterocycles. The third-order valence-corrected chi connectivity index (χ3v) is 1.67. The molecule has 0 rings (SSSR count). The van der Waals surface area contributed by atoms with Gasteiger partial charge in [-0.15, -0.1) is 0 Å². The molecule has 0 amide bonds. The van der Waals surface area contributed by atoms with Gasteiger partial charge < -0.3 is 5.11 Å². The van der Waals surface area contributed by atoms with Crippen LogP contribution in [0.4, 0.5) is 0 Å². The molecule has 0 aliphatic carbocycles. The van der Waals surface area contributed by atoms with Gasteiger partial charge in [-0.2, -0.15) is 0 Å². The smallest absolute Gasteiger partial charge is 0.0753 e. The number of aliphatic hydroxyl groups excluding tert-OH is 1. The number of hydrogen-bond donors (Lipinski definition) is 2. The molecule has 0 aliphatic rings. The average molecular weight is 147 g/mol. The first kappa shape index (κ1) is 9.01. The van der Waals surface area contributed by atoms with Crippen LogP contribution in [0.5, 0.6) is 0 Å². The van der Waals surface area contributed by atoms with Gasteiger partial charge in [-0.25, -0.2) is 0 Å². The first-order valence-corrected chi connectivity index (χ1v) is 3.87. The van der Waals surface area contributed by atoms with E-state index in [1.165, 1.54) is 0 Å². The van der Waals surface area contributed by atoms with Crippen LogP contribution < -0.4 is 5.14 Å². The lowest BCUT2D eigenvalue weighted by molar-refractivity contribution is 0.207. The van der Waals surface area contributed by atoms with Gasteiger partial charge in [0.15, 0.2) is 0 Å². The van der Waals surface area contributed by atoms with Crippen LogP contribution in [0.2, 0.25) is 0 Å². The maximum Gasteiger partial charge on any atom is 0.0753 e. The van der Waals surface area contributed by atoms with Crippen LogP contribution in [0.1, 0.15) is 20.3 Å². The molecule has 0 aromatic rings. The minimum absolute atomic E-state index is 0.318. The number of rotatable bonds is 3. The topological polar surface area (TPSA) is 46.2 Å². The van der Waals surface area contributed by atoms with E-state index in [2.05, 4.69) is 0 Å². The standard InChI is InChI=1S/C6H13NOS/c1-3-6(8)5(2)4-9-7/h4,6,8H,3,7H2,1-2H3/b5-4-. The summed E-state index contributed by atoms with van der Waals surface area (Å²) in [5, 5.41) is 16.0. The summed E-state index contributed by atoms with van der Waals surface area (Å²) in [5.41, 5.74) is 0.935. The van der Waals surface area contributed by atoms with Crippen LogP contribution in [0.15, 0.2) is 11.0 Å². The van der Waals surface area contributed by atoms with Gasteiger partial charge in [0, 0.05) is 0 Å². The second-order valence-electron chi connectivity index (χ2n) is 1.92. The molecule has 0 heterocycles. The lowest BCUT2D eigenvalue weighted by Gasteiger charge is -2.05. The Labute approximate surface area is 60.3 Å². The first-order valence-electron chi connectivity index (χ1n) is 2.92. The van der Waals surface area contributed by atoms with E-state index in [-0.39, 0.29) is 6.10 Å². The molecule has 54 valence electrons. The van der Waals surface area contributed by atoms with Gasteiger partial charge in [-0.3, -0.25) is 5.14 Å². The van der Waals surface area contributed by atoms with Crippen LogP contribution in [-0.2, 0) is 0 Å². The molecule has 1 atom stereocenters. The zero-order chi connectivity index (χ0) is 7.28. The van der Waals surface area contributed by atoms with Gasteiger partial charge in [0.1, 0.15) is 0 Å². The predicted octanol–water partition coefficient (Wildman–Crippen LogP) is 1.27. The van der Waals surface area contributed by atoms with Crippen molar-refractivity contribution in [1.82, 2.24) is 0 Å². The summed E-state index contributed by atoms with van der Waals surface area (Å²) in [6.45, 7) is 3.80. The van der Waals surface area contributed by atoms with Crippen molar-refractivity contribution in [2.24, 2.45) is 5.14 Å². The maximum atomic E-state index is 9.12. The Kier molecular flexibility index (Phi) is 4.85. The fourth-order valence-corrected chi connectivity index (χ4v) is 0.880. The molecule has 0 radical (unpaired) electrons. The Balaban J connectivity index is 3.70. The van der Waals surface area contributed by atoms with E-state index in [0.717, 1.165) is 23.9 Å². The van der Waals surface area contributed by atoms with E-state index in [9.17, 15) is 0 Å². The third kappa shape index (κ3) is 3.56. The number of hydrogen-bond acceptors (Lipinski definition) is 3. The molecule has 9 heavy (non-hydrogen) atoms. The Morgan fingerprint density at radius 1 is 1.89 bits per heavy atom. The van der Waals surface area contributed by atoms with Gasteiger partial charge in [-0.1, -0.05) is 18.9 Å². The zero-order valence-electron chi connectivity index (χ0n) is 5.79. The second kappa shape index (κ2) is 4.85. The molecule has 0 spiro atoms. The molecule has 3 heteroatoms. The minimum Gasteiger partial charge on any atom is -0.389 e. The van der Waals surface area contributed by atoms with Gasteiger partial charge in [0.25, 0.3) is 0 Å². The van der Waals surface area contributed by atoms with Gasteiger partial charge in [0.2, 0.25) is 0 Å². The third-order valence-electron chi connectivity index (χ3n) is 1.17. The molecular formula is C6H13NOS. The fraction of sp³-hybridized carbons (Fsp3) is 0.667. The summed E-state index contributed by atoms with van der Waals surface area (Å²) in [5.74, 6) is 0. The Morgan fingerprint density at radius 2 is 2.44 bits per heavy atom. The zero-order valence-corrected chi connectivity index (χ0v) is 6.61. The molecule has 0 aromatic carbocycles. The van der Waals surface area contributed by atoms with Crippen molar-refractivity contribution in [3.05, 3.63) is 11.0 Å². The molecular weight excluding hydrogens is 134 g/mol. The summed E-state index contributed by atoms with van der Waals surface area (Å²) in [7, 11) is 0. The molecule has 2 nitrogen and oxygen atoms in total. The van der Waals surface area contributed by atoms with E-state index in [4.69, 9.17) is 10.2 Å². The van der Waals surface area contributed by atoms with Crippen molar-refractivity contribution in [2.75, 3.05) is 0 Å². The fourth-order valence-electron chi connectivity index (χ4n) is 0.508. The van der Waals surface area contributed by atoms with Gasteiger partial charge in [0.05, 0.1) is 6.10 Å². The van der Waals surface area contributed by atoms with E-state index in [0.29, 0.717) is 0 Å². The van der Waals surface area contributed by atoms with E-state index in [1.807, 2.05) is 13.8 Å². The van der Waals surface area contributed by atoms with Crippen LogP contribution in [0, 0.1) is 0 Å². The molecule has 0 bridgehead atoms. The number of aliphatic hydroxyl groups is 1. The highest BCUT2D eigenvalue weighted by atomic mass is 32.2. The normalized spacial score (nSPS) is 15.8. The van der Waals surface area contributed by atoms with Crippen molar-refractivity contribution in [1.29, 1.82) is 0 Å². The molecule has 0 fully saturated rings. The molecule has 0 aliphatic heterocycles. The van der Waals surface area contributed by atoms with Crippen molar-refractivity contribution in [2.45, 2.75) is 26.4 Å². The number of nitrogens with two attached hydrogens (primary N) is 1. The Bertz CT molecular complexity index is 103. The van der Waals surface area contributed by atoms with Crippen molar-refractivity contribution in [3.8, 4) is 0 Å². The van der Waals surface area contributed by atoms with Crippen LogP contribution in [-0.4, -0.2) is 11.2 Å². The van der Waals surface area contributed by atoms with Crippen molar-refractivity contribution in [3.63, 3.8) is 0 Å². The SMILES string of the molecule is CCC(O)/C(C)=C\SN. The summed E-state index contributed by atoms with van der Waals surface area (Å²) < 4.78 is 0. The first-order chi connectivity index (χ1) is 4.22. The molecule has 1 unspecified atom stereocenters. The molecule has 3 N–H and O–H groups in total. The quantitative estimate of drug-likeness (QED) is 0.591. The van der Waals surface area contributed by atoms with Crippen molar-refractivity contribution < 1.29 is 5.11 Å². The van der Waals surface area contributed by atoms with E-state index < -0.39 is 0 Å². The van der Waals surface area contributed by atoms with Crippen LogP contribution in [0.3, 0.4) is 0 Å².